The van der Waals surface area contributed by atoms with Gasteiger partial charge in [0.15, 0.2) is 0 Å². The lowest BCUT2D eigenvalue weighted by Gasteiger charge is -2.11. The van der Waals surface area contributed by atoms with Gasteiger partial charge in [-0.25, -0.2) is 0 Å². The van der Waals surface area contributed by atoms with Crippen molar-refractivity contribution in [3.05, 3.63) is 12.2 Å². The molecule has 0 bridgehead atoms. The molecule has 0 saturated carbocycles. The Balaban J connectivity index is 3.31. The van der Waals surface area contributed by atoms with Gasteiger partial charge in [0.05, 0.1) is 18.9 Å². The maximum atomic E-state index is 11.7. The van der Waals surface area contributed by atoms with Crippen LogP contribution in [0.3, 0.4) is 0 Å². The lowest BCUT2D eigenvalue weighted by molar-refractivity contribution is -0.151. The monoisotopic (exact) mass is 565 g/mol. The van der Waals surface area contributed by atoms with Gasteiger partial charge in [-0.2, -0.15) is 0 Å². The molecule has 0 amide bonds. The van der Waals surface area contributed by atoms with E-state index in [0.717, 1.165) is 19.3 Å². The SMILES string of the molecule is CCCCCCCCCCCC/C=C/CCCCCCCCCCCCCCCC(CC(=O)OCCC)C(=O)O. The van der Waals surface area contributed by atoms with Crippen LogP contribution in [0.5, 0.6) is 0 Å². The number of carbonyl (C=O) groups is 2. The Morgan fingerprint density at radius 3 is 1.30 bits per heavy atom. The molecule has 0 heterocycles. The lowest BCUT2D eigenvalue weighted by Crippen LogP contribution is -2.19. The highest BCUT2D eigenvalue weighted by Gasteiger charge is 2.21. The van der Waals surface area contributed by atoms with Crippen molar-refractivity contribution in [3.63, 3.8) is 0 Å². The molecule has 0 aliphatic carbocycles. The van der Waals surface area contributed by atoms with E-state index >= 15 is 0 Å². The Kier molecular flexibility index (Phi) is 31.1. The molecule has 0 radical (unpaired) electrons. The molecule has 0 aliphatic rings. The number of hydrogen-bond donors (Lipinski definition) is 1. The zero-order valence-corrected chi connectivity index (χ0v) is 26.9. The molecule has 0 aromatic rings. The van der Waals surface area contributed by atoms with Gasteiger partial charge in [0, 0.05) is 0 Å². The number of hydrogen-bond acceptors (Lipinski definition) is 3. The highest BCUT2D eigenvalue weighted by Crippen LogP contribution is 2.18. The first-order valence-corrected chi connectivity index (χ1v) is 17.6. The van der Waals surface area contributed by atoms with E-state index in [0.29, 0.717) is 13.0 Å². The van der Waals surface area contributed by atoms with E-state index in [2.05, 4.69) is 19.1 Å². The number of ether oxygens (including phenoxy) is 1. The summed E-state index contributed by atoms with van der Waals surface area (Å²) in [6.45, 7) is 4.60. The number of aliphatic carboxylic acids is 1. The van der Waals surface area contributed by atoms with Crippen molar-refractivity contribution in [1.29, 1.82) is 0 Å². The number of esters is 1. The van der Waals surface area contributed by atoms with Crippen LogP contribution in [0.15, 0.2) is 12.2 Å². The molecule has 4 heteroatoms. The van der Waals surface area contributed by atoms with E-state index in [9.17, 15) is 14.7 Å². The molecule has 0 spiro atoms. The first-order valence-electron chi connectivity index (χ1n) is 17.6. The van der Waals surface area contributed by atoms with E-state index < -0.39 is 11.9 Å². The molecule has 0 fully saturated rings. The van der Waals surface area contributed by atoms with Crippen LogP contribution in [0.25, 0.3) is 0 Å². The molecule has 0 rings (SSSR count). The third-order valence-corrected chi connectivity index (χ3v) is 8.04. The van der Waals surface area contributed by atoms with Gasteiger partial charge in [-0.1, -0.05) is 161 Å². The quantitative estimate of drug-likeness (QED) is 0.0501. The van der Waals surface area contributed by atoms with Crippen LogP contribution < -0.4 is 0 Å². The zero-order chi connectivity index (χ0) is 29.4. The summed E-state index contributed by atoms with van der Waals surface area (Å²) in [4.78, 5) is 23.1. The normalized spacial score (nSPS) is 12.2. The molecule has 1 unspecified atom stereocenters. The second-order valence-electron chi connectivity index (χ2n) is 12.1. The van der Waals surface area contributed by atoms with Crippen LogP contribution in [0.4, 0.5) is 0 Å². The highest BCUT2D eigenvalue weighted by molar-refractivity contribution is 5.78. The van der Waals surface area contributed by atoms with Crippen molar-refractivity contribution >= 4 is 11.9 Å². The molecular weight excluding hydrogens is 496 g/mol. The average Bonchev–Trinajstić information content (AvgIpc) is 2.94. The summed E-state index contributed by atoms with van der Waals surface area (Å²) >= 11 is 0. The van der Waals surface area contributed by atoms with E-state index in [1.165, 1.54) is 148 Å². The van der Waals surface area contributed by atoms with Crippen molar-refractivity contribution in [2.45, 2.75) is 194 Å². The Morgan fingerprint density at radius 2 is 0.925 bits per heavy atom. The minimum atomic E-state index is -0.875. The van der Waals surface area contributed by atoms with Gasteiger partial charge >= 0.3 is 11.9 Å². The van der Waals surface area contributed by atoms with E-state index in [1.54, 1.807) is 0 Å². The van der Waals surface area contributed by atoms with Gasteiger partial charge < -0.3 is 9.84 Å². The van der Waals surface area contributed by atoms with Crippen molar-refractivity contribution in [2.75, 3.05) is 6.61 Å². The predicted molar refractivity (Wildman–Crippen MR) is 172 cm³/mol. The minimum Gasteiger partial charge on any atom is -0.481 e. The fourth-order valence-electron chi connectivity index (χ4n) is 5.37. The standard InChI is InChI=1S/C36H68O4/c1-3-5-6-7-8-9-10-11-12-13-14-15-16-17-18-19-20-21-22-23-24-25-26-27-28-29-30-31-34(36(38)39)33-35(37)40-32-4-2/h15-16,34H,3-14,17-33H2,1-2H3,(H,38,39)/b16-15+. The summed E-state index contributed by atoms with van der Waals surface area (Å²) in [7, 11) is 0. The van der Waals surface area contributed by atoms with Crippen molar-refractivity contribution < 1.29 is 19.4 Å². The molecule has 1 N–H and O–H groups in total. The van der Waals surface area contributed by atoms with Crippen molar-refractivity contribution in [3.8, 4) is 0 Å². The maximum absolute atomic E-state index is 11.7. The highest BCUT2D eigenvalue weighted by atomic mass is 16.5. The third-order valence-electron chi connectivity index (χ3n) is 8.04. The van der Waals surface area contributed by atoms with Crippen molar-refractivity contribution in [2.24, 2.45) is 5.92 Å². The zero-order valence-electron chi connectivity index (χ0n) is 26.9. The molecule has 4 nitrogen and oxygen atoms in total. The summed E-state index contributed by atoms with van der Waals surface area (Å²) in [5.41, 5.74) is 0. The maximum Gasteiger partial charge on any atom is 0.307 e. The smallest absolute Gasteiger partial charge is 0.307 e. The van der Waals surface area contributed by atoms with Gasteiger partial charge in [0.2, 0.25) is 0 Å². The summed E-state index contributed by atoms with van der Waals surface area (Å²) < 4.78 is 5.03. The lowest BCUT2D eigenvalue weighted by atomic mass is 9.97. The molecule has 0 aromatic carbocycles. The Labute approximate surface area is 249 Å². The molecule has 0 saturated heterocycles. The van der Waals surface area contributed by atoms with Crippen LogP contribution >= 0.6 is 0 Å². The molecule has 0 aromatic heterocycles. The molecule has 40 heavy (non-hydrogen) atoms. The van der Waals surface area contributed by atoms with Crippen LogP contribution in [0, 0.1) is 5.92 Å². The fourth-order valence-corrected chi connectivity index (χ4v) is 5.37. The van der Waals surface area contributed by atoms with Gasteiger partial charge in [-0.05, 0) is 38.5 Å². The second kappa shape index (κ2) is 32.2. The predicted octanol–water partition coefficient (Wildman–Crippen LogP) is 11.7. The van der Waals surface area contributed by atoms with Gasteiger partial charge in [-0.3, -0.25) is 9.59 Å². The van der Waals surface area contributed by atoms with E-state index in [4.69, 9.17) is 4.74 Å². The third kappa shape index (κ3) is 29.7. The summed E-state index contributed by atoms with van der Waals surface area (Å²) in [6, 6.07) is 0. The number of rotatable bonds is 32. The number of unbranched alkanes of at least 4 members (excludes halogenated alkanes) is 23. The topological polar surface area (TPSA) is 63.6 Å². The molecule has 0 aliphatic heterocycles. The van der Waals surface area contributed by atoms with Crippen LogP contribution in [-0.4, -0.2) is 23.7 Å². The molecule has 1 atom stereocenters. The molecular formula is C36H68O4. The van der Waals surface area contributed by atoms with Crippen LogP contribution in [-0.2, 0) is 14.3 Å². The van der Waals surface area contributed by atoms with E-state index in [-0.39, 0.29) is 12.4 Å². The summed E-state index contributed by atoms with van der Waals surface area (Å²) in [6.07, 6.45) is 39.5. The summed E-state index contributed by atoms with van der Waals surface area (Å²) in [5, 5.41) is 9.33. The average molecular weight is 565 g/mol. The first-order chi connectivity index (χ1) is 19.6. The number of carboxylic acids is 1. The second-order valence-corrected chi connectivity index (χ2v) is 12.1. The Hall–Kier alpha value is -1.32. The van der Waals surface area contributed by atoms with Gasteiger partial charge in [-0.15, -0.1) is 0 Å². The van der Waals surface area contributed by atoms with E-state index in [1.807, 2.05) is 6.92 Å². The van der Waals surface area contributed by atoms with Gasteiger partial charge in [0.1, 0.15) is 0 Å². The van der Waals surface area contributed by atoms with Crippen LogP contribution in [0.1, 0.15) is 194 Å². The Bertz CT molecular complexity index is 571. The fraction of sp³-hybridized carbons (Fsp3) is 0.889. The molecule has 236 valence electrons. The van der Waals surface area contributed by atoms with Gasteiger partial charge in [0.25, 0.3) is 0 Å². The minimum absolute atomic E-state index is 0.00581. The largest absolute Gasteiger partial charge is 0.481 e. The van der Waals surface area contributed by atoms with Crippen molar-refractivity contribution in [1.82, 2.24) is 0 Å². The number of carboxylic acid groups (broad SMARTS) is 1. The first kappa shape index (κ1) is 38.7. The Morgan fingerprint density at radius 1 is 0.550 bits per heavy atom. The number of allylic oxidation sites excluding steroid dienone is 2. The van der Waals surface area contributed by atoms with Crippen LogP contribution in [0.2, 0.25) is 0 Å². The summed E-state index contributed by atoms with van der Waals surface area (Å²) in [5.74, 6) is -1.85. The number of carbonyl (C=O) groups excluding carboxylic acids is 1.